The molecule has 0 aliphatic carbocycles. The third kappa shape index (κ3) is 5.23. The summed E-state index contributed by atoms with van der Waals surface area (Å²) in [6.07, 6.45) is -1.90. The maximum Gasteiger partial charge on any atom is 0.416 e. The Balaban J connectivity index is 1.33. The number of carboxylic acid groups (broad SMARTS) is 1. The molecule has 1 N–H and O–H groups in total. The van der Waals surface area contributed by atoms with Crippen molar-refractivity contribution >= 4 is 57.6 Å². The SMILES string of the molecule is O=C(O)N1CC[C@@H](CN2C(=O)SC(=Cc3ccc4c(cnn4Cc4ccc(Cl)cc4C(F)(F)F)c3)C2=O)C1. The highest BCUT2D eigenvalue weighted by Crippen LogP contribution is 2.36. The fourth-order valence-corrected chi connectivity index (χ4v) is 5.68. The van der Waals surface area contributed by atoms with E-state index in [0.717, 1.165) is 22.7 Å². The van der Waals surface area contributed by atoms with Crippen LogP contribution >= 0.6 is 23.4 Å². The van der Waals surface area contributed by atoms with Crippen LogP contribution in [-0.4, -0.2) is 61.6 Å². The third-order valence-corrected chi connectivity index (χ3v) is 7.67. The highest BCUT2D eigenvalue weighted by Gasteiger charge is 2.38. The van der Waals surface area contributed by atoms with E-state index >= 15 is 0 Å². The summed E-state index contributed by atoms with van der Waals surface area (Å²) in [7, 11) is 0. The minimum absolute atomic E-state index is 0.00840. The molecule has 0 radical (unpaired) electrons. The highest BCUT2D eigenvalue weighted by molar-refractivity contribution is 8.18. The van der Waals surface area contributed by atoms with Gasteiger partial charge in [0.25, 0.3) is 11.1 Å². The van der Waals surface area contributed by atoms with Crippen molar-refractivity contribution in [2.75, 3.05) is 19.6 Å². The van der Waals surface area contributed by atoms with Crippen molar-refractivity contribution in [1.82, 2.24) is 19.6 Å². The van der Waals surface area contributed by atoms with E-state index in [2.05, 4.69) is 5.10 Å². The summed E-state index contributed by atoms with van der Waals surface area (Å²) in [4.78, 5) is 39.2. The fourth-order valence-electron chi connectivity index (χ4n) is 4.66. The van der Waals surface area contributed by atoms with Gasteiger partial charge in [-0.15, -0.1) is 0 Å². The van der Waals surface area contributed by atoms with E-state index in [1.54, 1.807) is 24.3 Å². The maximum atomic E-state index is 13.5. The van der Waals surface area contributed by atoms with E-state index < -0.39 is 29.0 Å². The fraction of sp³-hybridized carbons (Fsp3) is 0.280. The smallest absolute Gasteiger partial charge is 0.416 e. The molecule has 198 valence electrons. The number of rotatable bonds is 5. The average Bonchev–Trinajstić information content (AvgIpc) is 3.55. The number of likely N-dealkylation sites (tertiary alicyclic amines) is 1. The number of hydrogen-bond donors (Lipinski definition) is 1. The summed E-state index contributed by atoms with van der Waals surface area (Å²) in [5.74, 6) is -0.549. The first kappa shape index (κ1) is 26.1. The Kier molecular flexibility index (Phi) is 6.86. The van der Waals surface area contributed by atoms with Crippen molar-refractivity contribution in [2.45, 2.75) is 19.1 Å². The second-order valence-electron chi connectivity index (χ2n) is 9.10. The normalized spacial score (nSPS) is 19.4. The molecule has 3 heterocycles. The molecule has 13 heteroatoms. The highest BCUT2D eigenvalue weighted by atomic mass is 35.5. The van der Waals surface area contributed by atoms with Gasteiger partial charge in [-0.25, -0.2) is 4.79 Å². The van der Waals surface area contributed by atoms with Gasteiger partial charge in [0.1, 0.15) is 0 Å². The molecule has 0 saturated carbocycles. The van der Waals surface area contributed by atoms with Crippen LogP contribution < -0.4 is 0 Å². The predicted molar refractivity (Wildman–Crippen MR) is 136 cm³/mol. The monoisotopic (exact) mass is 564 g/mol. The molecule has 1 aromatic heterocycles. The Bertz CT molecular complexity index is 1490. The van der Waals surface area contributed by atoms with Gasteiger partial charge in [0.05, 0.1) is 28.7 Å². The number of fused-ring (bicyclic) bond motifs is 1. The van der Waals surface area contributed by atoms with E-state index in [-0.39, 0.29) is 41.0 Å². The summed E-state index contributed by atoms with van der Waals surface area (Å²) >= 11 is 6.59. The zero-order chi connectivity index (χ0) is 27.2. The van der Waals surface area contributed by atoms with E-state index in [4.69, 9.17) is 16.7 Å². The number of nitrogens with zero attached hydrogens (tertiary/aromatic N) is 4. The van der Waals surface area contributed by atoms with Gasteiger partial charge in [-0.2, -0.15) is 18.3 Å². The second kappa shape index (κ2) is 9.99. The predicted octanol–water partition coefficient (Wildman–Crippen LogP) is 5.79. The summed E-state index contributed by atoms with van der Waals surface area (Å²) in [6.45, 7) is 0.683. The molecule has 0 unspecified atom stereocenters. The molecule has 2 aliphatic rings. The molecular weight excluding hydrogens is 545 g/mol. The van der Waals surface area contributed by atoms with Crippen LogP contribution in [0.4, 0.5) is 22.8 Å². The first-order valence-corrected chi connectivity index (χ1v) is 12.7. The van der Waals surface area contributed by atoms with Crippen LogP contribution in [0.25, 0.3) is 17.0 Å². The van der Waals surface area contributed by atoms with E-state index in [9.17, 15) is 27.6 Å². The molecule has 3 amide bonds. The van der Waals surface area contributed by atoms with E-state index in [1.807, 2.05) is 0 Å². The van der Waals surface area contributed by atoms with Crippen LogP contribution in [0.3, 0.4) is 0 Å². The van der Waals surface area contributed by atoms with Gasteiger partial charge in [0.15, 0.2) is 0 Å². The molecule has 2 aliphatic heterocycles. The Morgan fingerprint density at radius 3 is 2.71 bits per heavy atom. The van der Waals surface area contributed by atoms with Gasteiger partial charge in [0, 0.05) is 30.0 Å². The Labute approximate surface area is 223 Å². The van der Waals surface area contributed by atoms with Crippen LogP contribution in [0.1, 0.15) is 23.1 Å². The molecule has 3 aromatic rings. The zero-order valence-corrected chi connectivity index (χ0v) is 21.2. The number of carbonyl (C=O) groups excluding carboxylic acids is 2. The van der Waals surface area contributed by atoms with Crippen LogP contribution in [0.5, 0.6) is 0 Å². The van der Waals surface area contributed by atoms with Gasteiger partial charge < -0.3 is 10.0 Å². The number of aromatic nitrogens is 2. The summed E-state index contributed by atoms with van der Waals surface area (Å²) in [6, 6.07) is 8.75. The Hall–Kier alpha value is -3.51. The molecule has 2 saturated heterocycles. The molecule has 0 spiro atoms. The van der Waals surface area contributed by atoms with Crippen molar-refractivity contribution < 1.29 is 32.7 Å². The zero-order valence-electron chi connectivity index (χ0n) is 19.6. The summed E-state index contributed by atoms with van der Waals surface area (Å²) in [5.41, 5.74) is 0.429. The third-order valence-electron chi connectivity index (χ3n) is 6.53. The molecule has 0 bridgehead atoms. The first-order chi connectivity index (χ1) is 18.0. The minimum atomic E-state index is -4.56. The number of alkyl halides is 3. The van der Waals surface area contributed by atoms with Gasteiger partial charge >= 0.3 is 12.3 Å². The number of hydrogen-bond acceptors (Lipinski definition) is 5. The molecule has 38 heavy (non-hydrogen) atoms. The molecule has 2 fully saturated rings. The molecule has 8 nitrogen and oxygen atoms in total. The minimum Gasteiger partial charge on any atom is -0.465 e. The topological polar surface area (TPSA) is 95.7 Å². The molecular formula is C25H20ClF3N4O4S. The van der Waals surface area contributed by atoms with Crippen LogP contribution in [0, 0.1) is 5.92 Å². The van der Waals surface area contributed by atoms with Crippen molar-refractivity contribution in [3.05, 3.63) is 69.2 Å². The first-order valence-electron chi connectivity index (χ1n) is 11.5. The standard InChI is InChI=1S/C25H20ClF3N4O4S/c26-18-3-2-16(19(9-18)25(27,28)29)13-33-20-4-1-14(7-17(20)10-30-33)8-21-22(34)32(24(37)38-21)12-15-5-6-31(11-15)23(35)36/h1-4,7-10,15H,5-6,11-13H2,(H,35,36)/t15-/m1/s1. The second-order valence-corrected chi connectivity index (χ2v) is 10.5. The largest absolute Gasteiger partial charge is 0.465 e. The van der Waals surface area contributed by atoms with Crippen LogP contribution in [0.2, 0.25) is 5.02 Å². The number of halogens is 4. The number of amides is 3. The van der Waals surface area contributed by atoms with Crippen molar-refractivity contribution in [1.29, 1.82) is 0 Å². The molecule has 1 atom stereocenters. The van der Waals surface area contributed by atoms with Gasteiger partial charge in [-0.05, 0) is 65.6 Å². The van der Waals surface area contributed by atoms with Gasteiger partial charge in [0.2, 0.25) is 0 Å². The number of imide groups is 1. The number of carbonyl (C=O) groups is 3. The maximum absolute atomic E-state index is 13.5. The van der Waals surface area contributed by atoms with Crippen molar-refractivity contribution in [3.63, 3.8) is 0 Å². The van der Waals surface area contributed by atoms with Crippen molar-refractivity contribution in [3.8, 4) is 0 Å². The Morgan fingerprint density at radius 1 is 1.21 bits per heavy atom. The van der Waals surface area contributed by atoms with E-state index in [1.165, 1.54) is 27.9 Å². The van der Waals surface area contributed by atoms with Crippen molar-refractivity contribution in [2.24, 2.45) is 5.92 Å². The van der Waals surface area contributed by atoms with Crippen LogP contribution in [0.15, 0.2) is 47.5 Å². The quantitative estimate of drug-likeness (QED) is 0.394. The van der Waals surface area contributed by atoms with Gasteiger partial charge in [-0.3, -0.25) is 19.2 Å². The lowest BCUT2D eigenvalue weighted by Crippen LogP contribution is -2.35. The Morgan fingerprint density at radius 2 is 2.00 bits per heavy atom. The lowest BCUT2D eigenvalue weighted by atomic mass is 10.1. The number of thioether (sulfide) groups is 1. The molecule has 2 aromatic carbocycles. The lowest BCUT2D eigenvalue weighted by molar-refractivity contribution is -0.138. The van der Waals surface area contributed by atoms with E-state index in [0.29, 0.717) is 29.4 Å². The number of benzene rings is 2. The van der Waals surface area contributed by atoms with Gasteiger partial charge in [-0.1, -0.05) is 23.7 Å². The summed E-state index contributed by atoms with van der Waals surface area (Å²) < 4.78 is 41.9. The lowest BCUT2D eigenvalue weighted by Gasteiger charge is -2.17. The summed E-state index contributed by atoms with van der Waals surface area (Å²) in [5, 5.41) is 13.6. The molecule has 5 rings (SSSR count). The average molecular weight is 565 g/mol. The van der Waals surface area contributed by atoms with Crippen LogP contribution in [-0.2, 0) is 17.5 Å².